The van der Waals surface area contributed by atoms with Gasteiger partial charge in [-0.3, -0.25) is 9.48 Å². The predicted octanol–water partition coefficient (Wildman–Crippen LogP) is 4.18. The number of ether oxygens (including phenoxy) is 2. The van der Waals surface area contributed by atoms with Crippen LogP contribution >= 0.6 is 0 Å². The number of aromatic nitrogens is 2. The Kier molecular flexibility index (Phi) is 6.68. The number of anilines is 1. The second-order valence-electron chi connectivity index (χ2n) is 6.21. The molecule has 0 unspecified atom stereocenters. The van der Waals surface area contributed by atoms with Crippen molar-refractivity contribution in [3.63, 3.8) is 0 Å². The zero-order valence-electron chi connectivity index (χ0n) is 16.2. The van der Waals surface area contributed by atoms with Crippen LogP contribution in [0.1, 0.15) is 29.8 Å². The van der Waals surface area contributed by atoms with Gasteiger partial charge in [0.2, 0.25) is 0 Å². The molecule has 0 saturated carbocycles. The highest BCUT2D eigenvalue weighted by atomic mass is 16.5. The molecule has 0 radical (unpaired) electrons. The number of hydrogen-bond donors (Lipinski definition) is 1. The van der Waals surface area contributed by atoms with Crippen LogP contribution in [-0.4, -0.2) is 28.9 Å². The predicted molar refractivity (Wildman–Crippen MR) is 109 cm³/mol. The number of aryl methyl sites for hydroxylation is 2. The van der Waals surface area contributed by atoms with Crippen LogP contribution in [0.4, 0.5) is 5.69 Å². The van der Waals surface area contributed by atoms with Crippen molar-refractivity contribution in [1.82, 2.24) is 9.78 Å². The molecular formula is C22H25N3O3. The number of hydrogen-bond acceptors (Lipinski definition) is 4. The lowest BCUT2D eigenvalue weighted by atomic mass is 10.1. The van der Waals surface area contributed by atoms with E-state index in [1.54, 1.807) is 24.4 Å². The fourth-order valence-corrected chi connectivity index (χ4v) is 2.83. The molecule has 0 aliphatic rings. The second kappa shape index (κ2) is 9.60. The smallest absolute Gasteiger partial charge is 0.255 e. The summed E-state index contributed by atoms with van der Waals surface area (Å²) in [7, 11) is 0. The van der Waals surface area contributed by atoms with Crippen LogP contribution in [0.2, 0.25) is 0 Å². The lowest BCUT2D eigenvalue weighted by Gasteiger charge is -2.12. The molecule has 1 N–H and O–H groups in total. The van der Waals surface area contributed by atoms with E-state index in [-0.39, 0.29) is 5.91 Å². The SMILES string of the molecule is CCOc1ccc(C(=O)Nc2cnn(CCc3ccccc3)c2)cc1OCC. The number of rotatable bonds is 9. The summed E-state index contributed by atoms with van der Waals surface area (Å²) in [6, 6.07) is 15.4. The average molecular weight is 379 g/mol. The minimum Gasteiger partial charge on any atom is -0.490 e. The zero-order chi connectivity index (χ0) is 19.8. The van der Waals surface area contributed by atoms with Gasteiger partial charge in [-0.2, -0.15) is 5.10 Å². The third kappa shape index (κ3) is 5.13. The van der Waals surface area contributed by atoms with E-state index in [9.17, 15) is 4.79 Å². The molecule has 3 rings (SSSR count). The quantitative estimate of drug-likeness (QED) is 0.606. The van der Waals surface area contributed by atoms with E-state index < -0.39 is 0 Å². The van der Waals surface area contributed by atoms with Crippen LogP contribution in [0, 0.1) is 0 Å². The minimum absolute atomic E-state index is 0.216. The summed E-state index contributed by atoms with van der Waals surface area (Å²) in [5, 5.41) is 7.20. The van der Waals surface area contributed by atoms with Crippen LogP contribution in [-0.2, 0) is 13.0 Å². The monoisotopic (exact) mass is 379 g/mol. The Morgan fingerprint density at radius 1 is 1.04 bits per heavy atom. The number of carbonyl (C=O) groups is 1. The van der Waals surface area contributed by atoms with E-state index >= 15 is 0 Å². The zero-order valence-corrected chi connectivity index (χ0v) is 16.2. The van der Waals surface area contributed by atoms with Crippen LogP contribution in [0.25, 0.3) is 0 Å². The average Bonchev–Trinajstić information content (AvgIpc) is 3.16. The largest absolute Gasteiger partial charge is 0.490 e. The molecule has 0 atom stereocenters. The van der Waals surface area contributed by atoms with Gasteiger partial charge in [-0.15, -0.1) is 0 Å². The van der Waals surface area contributed by atoms with Gasteiger partial charge in [-0.1, -0.05) is 30.3 Å². The first-order valence-corrected chi connectivity index (χ1v) is 9.47. The first kappa shape index (κ1) is 19.5. The second-order valence-corrected chi connectivity index (χ2v) is 6.21. The normalized spacial score (nSPS) is 10.5. The van der Waals surface area contributed by atoms with Crippen molar-refractivity contribution in [3.8, 4) is 11.5 Å². The molecular weight excluding hydrogens is 354 g/mol. The molecule has 0 fully saturated rings. The van der Waals surface area contributed by atoms with Crippen molar-refractivity contribution in [2.45, 2.75) is 26.8 Å². The van der Waals surface area contributed by atoms with Gasteiger partial charge in [-0.25, -0.2) is 0 Å². The summed E-state index contributed by atoms with van der Waals surface area (Å²) >= 11 is 0. The molecule has 6 heteroatoms. The molecule has 3 aromatic rings. The van der Waals surface area contributed by atoms with Gasteiger partial charge in [0.15, 0.2) is 11.5 Å². The maximum absolute atomic E-state index is 12.6. The van der Waals surface area contributed by atoms with Gasteiger partial charge in [0.25, 0.3) is 5.91 Å². The van der Waals surface area contributed by atoms with Crippen LogP contribution < -0.4 is 14.8 Å². The Hall–Kier alpha value is -3.28. The molecule has 2 aromatic carbocycles. The van der Waals surface area contributed by atoms with Gasteiger partial charge in [0.1, 0.15) is 0 Å². The summed E-state index contributed by atoms with van der Waals surface area (Å²) in [6.07, 6.45) is 4.37. The highest BCUT2D eigenvalue weighted by Gasteiger charge is 2.12. The molecule has 0 bridgehead atoms. The van der Waals surface area contributed by atoms with Crippen LogP contribution in [0.3, 0.4) is 0 Å². The third-order valence-corrected chi connectivity index (χ3v) is 4.17. The topological polar surface area (TPSA) is 65.4 Å². The Labute approximate surface area is 165 Å². The fraction of sp³-hybridized carbons (Fsp3) is 0.273. The molecule has 146 valence electrons. The lowest BCUT2D eigenvalue weighted by molar-refractivity contribution is 0.102. The summed E-state index contributed by atoms with van der Waals surface area (Å²) in [5.74, 6) is 0.983. The molecule has 6 nitrogen and oxygen atoms in total. The van der Waals surface area contributed by atoms with Gasteiger partial charge >= 0.3 is 0 Å². The van der Waals surface area contributed by atoms with E-state index in [4.69, 9.17) is 9.47 Å². The minimum atomic E-state index is -0.216. The Balaban J connectivity index is 1.63. The van der Waals surface area contributed by atoms with Crippen molar-refractivity contribution in [2.24, 2.45) is 0 Å². The molecule has 0 spiro atoms. The van der Waals surface area contributed by atoms with Crippen molar-refractivity contribution >= 4 is 11.6 Å². The summed E-state index contributed by atoms with van der Waals surface area (Å²) in [6.45, 7) is 5.59. The van der Waals surface area contributed by atoms with Gasteiger partial charge < -0.3 is 14.8 Å². The lowest BCUT2D eigenvalue weighted by Crippen LogP contribution is -2.12. The molecule has 1 heterocycles. The van der Waals surface area contributed by atoms with Crippen molar-refractivity contribution < 1.29 is 14.3 Å². The summed E-state index contributed by atoms with van der Waals surface area (Å²) < 4.78 is 13.0. The third-order valence-electron chi connectivity index (χ3n) is 4.17. The molecule has 1 aromatic heterocycles. The maximum Gasteiger partial charge on any atom is 0.255 e. The summed E-state index contributed by atoms with van der Waals surface area (Å²) in [4.78, 5) is 12.6. The van der Waals surface area contributed by atoms with Gasteiger partial charge in [0.05, 0.1) is 25.1 Å². The summed E-state index contributed by atoms with van der Waals surface area (Å²) in [5.41, 5.74) is 2.41. The number of nitrogens with one attached hydrogen (secondary N) is 1. The highest BCUT2D eigenvalue weighted by Crippen LogP contribution is 2.28. The molecule has 0 aliphatic heterocycles. The molecule has 28 heavy (non-hydrogen) atoms. The number of benzene rings is 2. The Morgan fingerprint density at radius 3 is 2.54 bits per heavy atom. The number of amides is 1. The first-order chi connectivity index (χ1) is 13.7. The van der Waals surface area contributed by atoms with Crippen molar-refractivity contribution in [1.29, 1.82) is 0 Å². The Bertz CT molecular complexity index is 906. The van der Waals surface area contributed by atoms with E-state index in [1.165, 1.54) is 5.56 Å². The standard InChI is InChI=1S/C22H25N3O3/c1-3-27-20-11-10-18(14-21(20)28-4-2)22(26)24-19-15-23-25(16-19)13-12-17-8-6-5-7-9-17/h5-11,14-16H,3-4,12-13H2,1-2H3,(H,24,26). The van der Waals surface area contributed by atoms with E-state index in [2.05, 4.69) is 22.5 Å². The van der Waals surface area contributed by atoms with Crippen LogP contribution in [0.5, 0.6) is 11.5 Å². The first-order valence-electron chi connectivity index (χ1n) is 9.47. The Morgan fingerprint density at radius 2 is 1.79 bits per heavy atom. The molecule has 0 saturated heterocycles. The van der Waals surface area contributed by atoms with Crippen LogP contribution in [0.15, 0.2) is 60.9 Å². The van der Waals surface area contributed by atoms with E-state index in [1.807, 2.05) is 42.9 Å². The molecule has 0 aliphatic carbocycles. The van der Waals surface area contributed by atoms with Crippen molar-refractivity contribution in [2.75, 3.05) is 18.5 Å². The van der Waals surface area contributed by atoms with Gasteiger partial charge in [-0.05, 0) is 44.0 Å². The van der Waals surface area contributed by atoms with Gasteiger partial charge in [0, 0.05) is 18.3 Å². The number of nitrogens with zero attached hydrogens (tertiary/aromatic N) is 2. The fourth-order valence-electron chi connectivity index (χ4n) is 2.83. The van der Waals surface area contributed by atoms with E-state index in [0.29, 0.717) is 36.0 Å². The van der Waals surface area contributed by atoms with E-state index in [0.717, 1.165) is 13.0 Å². The highest BCUT2D eigenvalue weighted by molar-refractivity contribution is 6.04. The number of carbonyl (C=O) groups excluding carboxylic acids is 1. The maximum atomic E-state index is 12.6. The van der Waals surface area contributed by atoms with Crippen molar-refractivity contribution in [3.05, 3.63) is 72.1 Å². The molecule has 1 amide bonds.